The SMILES string of the molecule is CCNC(=NCc1cc2c(cc1OC(F)F)OCO2)NCc1ncc(C)s1.I. The predicted octanol–water partition coefficient (Wildman–Crippen LogP) is 3.65. The maximum absolute atomic E-state index is 12.7. The molecule has 0 bridgehead atoms. The fraction of sp³-hybridized carbons (Fsp3) is 0.412. The molecule has 3 rings (SSSR count). The first-order valence-electron chi connectivity index (χ1n) is 8.36. The van der Waals surface area contributed by atoms with Gasteiger partial charge in [0.15, 0.2) is 17.5 Å². The number of hydrogen-bond acceptors (Lipinski definition) is 6. The average Bonchev–Trinajstić information content (AvgIpc) is 3.25. The number of ether oxygens (including phenoxy) is 3. The summed E-state index contributed by atoms with van der Waals surface area (Å²) in [7, 11) is 0. The second-order valence-corrected chi connectivity index (χ2v) is 6.92. The number of fused-ring (bicyclic) bond motifs is 1. The minimum Gasteiger partial charge on any atom is -0.454 e. The van der Waals surface area contributed by atoms with Crippen molar-refractivity contribution in [1.82, 2.24) is 15.6 Å². The molecule has 1 aromatic carbocycles. The Morgan fingerprint density at radius 2 is 2.07 bits per heavy atom. The third-order valence-corrected chi connectivity index (χ3v) is 4.51. The van der Waals surface area contributed by atoms with Crippen molar-refractivity contribution in [2.24, 2.45) is 4.99 Å². The van der Waals surface area contributed by atoms with Gasteiger partial charge in [-0.05, 0) is 19.9 Å². The normalized spacial score (nSPS) is 12.7. The van der Waals surface area contributed by atoms with Crippen LogP contribution >= 0.6 is 35.3 Å². The highest BCUT2D eigenvalue weighted by molar-refractivity contribution is 14.0. The highest BCUT2D eigenvalue weighted by Crippen LogP contribution is 2.39. The van der Waals surface area contributed by atoms with E-state index in [9.17, 15) is 8.78 Å². The summed E-state index contributed by atoms with van der Waals surface area (Å²) in [6.07, 6.45) is 1.81. The summed E-state index contributed by atoms with van der Waals surface area (Å²) in [6.45, 7) is 2.35. The summed E-state index contributed by atoms with van der Waals surface area (Å²) in [5, 5.41) is 7.22. The summed E-state index contributed by atoms with van der Waals surface area (Å²) in [4.78, 5) is 9.87. The van der Waals surface area contributed by atoms with Crippen LogP contribution in [-0.4, -0.2) is 30.9 Å². The highest BCUT2D eigenvalue weighted by Gasteiger charge is 2.20. The Kier molecular flexibility index (Phi) is 8.48. The Labute approximate surface area is 182 Å². The van der Waals surface area contributed by atoms with Crippen LogP contribution in [0.25, 0.3) is 0 Å². The van der Waals surface area contributed by atoms with Gasteiger partial charge in [-0.1, -0.05) is 0 Å². The van der Waals surface area contributed by atoms with Crippen molar-refractivity contribution in [3.63, 3.8) is 0 Å². The number of halogens is 3. The van der Waals surface area contributed by atoms with Crippen LogP contribution < -0.4 is 24.8 Å². The van der Waals surface area contributed by atoms with Crippen LogP contribution in [0.15, 0.2) is 23.3 Å². The molecule has 154 valence electrons. The Bertz CT molecular complexity index is 820. The second-order valence-electron chi connectivity index (χ2n) is 5.61. The number of nitrogens with zero attached hydrogens (tertiary/aromatic N) is 2. The van der Waals surface area contributed by atoms with Crippen LogP contribution in [0.5, 0.6) is 17.2 Å². The Hall–Kier alpha value is -1.89. The van der Waals surface area contributed by atoms with Gasteiger partial charge in [0.1, 0.15) is 10.8 Å². The Morgan fingerprint density at radius 3 is 2.71 bits per heavy atom. The summed E-state index contributed by atoms with van der Waals surface area (Å²) in [5.41, 5.74) is 0.474. The smallest absolute Gasteiger partial charge is 0.387 e. The molecule has 28 heavy (non-hydrogen) atoms. The van der Waals surface area contributed by atoms with E-state index in [0.717, 1.165) is 9.88 Å². The molecule has 0 aliphatic carbocycles. The van der Waals surface area contributed by atoms with Crippen LogP contribution in [0.4, 0.5) is 8.78 Å². The molecule has 2 N–H and O–H groups in total. The summed E-state index contributed by atoms with van der Waals surface area (Å²) >= 11 is 1.59. The lowest BCUT2D eigenvalue weighted by atomic mass is 10.1. The molecule has 0 amide bonds. The maximum Gasteiger partial charge on any atom is 0.387 e. The molecule has 0 unspecified atom stereocenters. The standard InChI is InChI=1S/C17H20F2N4O3S.HI/c1-3-20-17(23-8-15-21-6-10(2)27-15)22-7-11-4-13-14(25-9-24-13)5-12(11)26-16(18)19;/h4-6,16H,3,7-9H2,1-2H3,(H2,20,22,23);1H. The van der Waals surface area contributed by atoms with Crippen molar-refractivity contribution in [3.8, 4) is 17.2 Å². The summed E-state index contributed by atoms with van der Waals surface area (Å²) in [6, 6.07) is 3.01. The van der Waals surface area contributed by atoms with Gasteiger partial charge >= 0.3 is 6.61 Å². The topological polar surface area (TPSA) is 77.0 Å². The van der Waals surface area contributed by atoms with E-state index in [1.54, 1.807) is 17.4 Å². The van der Waals surface area contributed by atoms with Gasteiger partial charge in [-0.2, -0.15) is 8.78 Å². The average molecular weight is 526 g/mol. The van der Waals surface area contributed by atoms with Gasteiger partial charge in [0.2, 0.25) is 6.79 Å². The number of benzene rings is 1. The first-order chi connectivity index (χ1) is 13.0. The van der Waals surface area contributed by atoms with Crippen molar-refractivity contribution in [2.75, 3.05) is 13.3 Å². The van der Waals surface area contributed by atoms with Crippen LogP contribution in [-0.2, 0) is 13.1 Å². The number of thiazole rings is 1. The first-order valence-corrected chi connectivity index (χ1v) is 9.17. The molecule has 2 aromatic rings. The minimum absolute atomic E-state index is 0. The van der Waals surface area contributed by atoms with Crippen molar-refractivity contribution >= 4 is 41.3 Å². The van der Waals surface area contributed by atoms with E-state index in [2.05, 4.69) is 25.3 Å². The number of aromatic nitrogens is 1. The summed E-state index contributed by atoms with van der Waals surface area (Å²) in [5.74, 6) is 1.43. The van der Waals surface area contributed by atoms with E-state index in [0.29, 0.717) is 36.1 Å². The van der Waals surface area contributed by atoms with Crippen LogP contribution in [0.2, 0.25) is 0 Å². The monoisotopic (exact) mass is 526 g/mol. The molecular formula is C17H21F2IN4O3S. The molecule has 0 radical (unpaired) electrons. The Balaban J connectivity index is 0.00000280. The lowest BCUT2D eigenvalue weighted by Crippen LogP contribution is -2.36. The number of alkyl halides is 2. The first kappa shape index (κ1) is 22.4. The molecule has 1 aliphatic rings. The molecule has 0 saturated heterocycles. The fourth-order valence-electron chi connectivity index (χ4n) is 2.44. The van der Waals surface area contributed by atoms with Gasteiger partial charge in [-0.15, -0.1) is 35.3 Å². The van der Waals surface area contributed by atoms with Gasteiger partial charge in [0.05, 0.1) is 13.1 Å². The fourth-order valence-corrected chi connectivity index (χ4v) is 3.17. The van der Waals surface area contributed by atoms with E-state index >= 15 is 0 Å². The third kappa shape index (κ3) is 6.06. The van der Waals surface area contributed by atoms with Gasteiger partial charge in [-0.3, -0.25) is 0 Å². The molecule has 0 fully saturated rings. The lowest BCUT2D eigenvalue weighted by molar-refractivity contribution is -0.0505. The maximum atomic E-state index is 12.7. The van der Waals surface area contributed by atoms with Crippen molar-refractivity contribution in [2.45, 2.75) is 33.5 Å². The number of rotatable bonds is 7. The summed E-state index contributed by atoms with van der Waals surface area (Å²) < 4.78 is 40.6. The molecule has 7 nitrogen and oxygen atoms in total. The van der Waals surface area contributed by atoms with Gasteiger partial charge < -0.3 is 24.8 Å². The highest BCUT2D eigenvalue weighted by atomic mass is 127. The quantitative estimate of drug-likeness (QED) is 0.326. The molecule has 0 atom stereocenters. The molecular weight excluding hydrogens is 505 g/mol. The molecule has 11 heteroatoms. The Morgan fingerprint density at radius 1 is 1.32 bits per heavy atom. The molecule has 0 spiro atoms. The molecule has 2 heterocycles. The van der Waals surface area contributed by atoms with E-state index in [1.165, 1.54) is 6.07 Å². The van der Waals surface area contributed by atoms with Crippen LogP contribution in [0.1, 0.15) is 22.4 Å². The van der Waals surface area contributed by atoms with Gasteiger partial charge in [0, 0.05) is 29.2 Å². The van der Waals surface area contributed by atoms with E-state index in [1.807, 2.05) is 20.0 Å². The third-order valence-electron chi connectivity index (χ3n) is 3.60. The lowest BCUT2D eigenvalue weighted by Gasteiger charge is -2.13. The second kappa shape index (κ2) is 10.6. The van der Waals surface area contributed by atoms with Crippen molar-refractivity contribution < 1.29 is 23.0 Å². The molecule has 1 aliphatic heterocycles. The largest absolute Gasteiger partial charge is 0.454 e. The van der Waals surface area contributed by atoms with Gasteiger partial charge in [-0.25, -0.2) is 9.98 Å². The van der Waals surface area contributed by atoms with E-state index < -0.39 is 6.61 Å². The number of nitrogens with one attached hydrogen (secondary N) is 2. The van der Waals surface area contributed by atoms with E-state index in [-0.39, 0.29) is 43.1 Å². The number of hydrogen-bond donors (Lipinski definition) is 2. The number of guanidine groups is 1. The predicted molar refractivity (Wildman–Crippen MR) is 113 cm³/mol. The number of aliphatic imine (C=N–C) groups is 1. The zero-order valence-corrected chi connectivity index (χ0v) is 18.5. The molecule has 1 aromatic heterocycles. The van der Waals surface area contributed by atoms with Crippen molar-refractivity contribution in [3.05, 3.63) is 33.8 Å². The number of aryl methyl sites for hydroxylation is 1. The van der Waals surface area contributed by atoms with E-state index in [4.69, 9.17) is 9.47 Å². The zero-order chi connectivity index (χ0) is 19.2. The van der Waals surface area contributed by atoms with Crippen molar-refractivity contribution in [1.29, 1.82) is 0 Å². The zero-order valence-electron chi connectivity index (χ0n) is 15.3. The minimum atomic E-state index is -2.94. The van der Waals surface area contributed by atoms with Gasteiger partial charge in [0.25, 0.3) is 0 Å². The van der Waals surface area contributed by atoms with Crippen LogP contribution in [0.3, 0.4) is 0 Å². The molecule has 0 saturated carbocycles. The van der Waals surface area contributed by atoms with Crippen LogP contribution in [0, 0.1) is 6.92 Å².